The molecule has 0 N–H and O–H groups in total. The van der Waals surface area contributed by atoms with Crippen molar-refractivity contribution in [3.63, 3.8) is 0 Å². The van der Waals surface area contributed by atoms with E-state index in [4.69, 9.17) is 33.2 Å². The summed E-state index contributed by atoms with van der Waals surface area (Å²) >= 11 is 0. The molecule has 2 aliphatic heterocycles. The van der Waals surface area contributed by atoms with Crippen molar-refractivity contribution in [3.8, 4) is 0 Å². The average molecular weight is 741 g/mol. The highest BCUT2D eigenvalue weighted by Gasteiger charge is 2.48. The first-order valence-electron chi connectivity index (χ1n) is 18.9. The molecule has 0 spiro atoms. The third kappa shape index (κ3) is 10.9. The molecule has 284 valence electrons. The third-order valence-corrected chi connectivity index (χ3v) is 9.79. The van der Waals surface area contributed by atoms with E-state index in [-0.39, 0.29) is 0 Å². The lowest BCUT2D eigenvalue weighted by Crippen LogP contribution is -2.39. The maximum atomic E-state index is 12.4. The van der Waals surface area contributed by atoms with Crippen LogP contribution in [0.25, 0.3) is 0 Å². The quantitative estimate of drug-likeness (QED) is 0.0626. The Balaban J connectivity index is 1.13. The SMILES string of the molecule is O=C[C@H]1O[C@H](/C=C\[C@H]2O[C@H](COCc3ccccc3)[C@@H](OCc3ccccc3)[C@@H]2OCc2ccccc2)[C@@H](OCc2ccccc2)[C@@H]1OCc1ccccc1. The topological polar surface area (TPSA) is 81.7 Å². The van der Waals surface area contributed by atoms with Gasteiger partial charge in [-0.25, -0.2) is 0 Å². The van der Waals surface area contributed by atoms with Gasteiger partial charge in [0.25, 0.3) is 0 Å². The first kappa shape index (κ1) is 38.5. The lowest BCUT2D eigenvalue weighted by atomic mass is 10.0. The molecule has 8 nitrogen and oxygen atoms in total. The highest BCUT2D eigenvalue weighted by atomic mass is 16.6. The number of benzene rings is 5. The van der Waals surface area contributed by atoms with Gasteiger partial charge in [0.2, 0.25) is 0 Å². The molecule has 8 heteroatoms. The van der Waals surface area contributed by atoms with E-state index in [2.05, 4.69) is 0 Å². The molecule has 2 saturated heterocycles. The number of carbonyl (C=O) groups is 1. The van der Waals surface area contributed by atoms with E-state index in [1.807, 2.05) is 164 Å². The van der Waals surface area contributed by atoms with Crippen LogP contribution in [0.1, 0.15) is 27.8 Å². The van der Waals surface area contributed by atoms with Gasteiger partial charge in [-0.2, -0.15) is 0 Å². The molecule has 7 rings (SSSR count). The predicted octanol–water partition coefficient (Wildman–Crippen LogP) is 7.83. The molecule has 0 bridgehead atoms. The van der Waals surface area contributed by atoms with Crippen LogP contribution in [0.3, 0.4) is 0 Å². The van der Waals surface area contributed by atoms with E-state index < -0.39 is 48.8 Å². The van der Waals surface area contributed by atoms with Crippen LogP contribution in [0.5, 0.6) is 0 Å². The first-order valence-corrected chi connectivity index (χ1v) is 18.9. The van der Waals surface area contributed by atoms with Crippen LogP contribution >= 0.6 is 0 Å². The lowest BCUT2D eigenvalue weighted by molar-refractivity contribution is -0.124. The second kappa shape index (κ2) is 20.2. The molecule has 0 amide bonds. The molecular weight excluding hydrogens is 693 g/mol. The van der Waals surface area contributed by atoms with Crippen molar-refractivity contribution < 1.29 is 38.0 Å². The van der Waals surface area contributed by atoms with Crippen molar-refractivity contribution in [1.29, 1.82) is 0 Å². The van der Waals surface area contributed by atoms with Crippen LogP contribution in [-0.2, 0) is 71.0 Å². The van der Waals surface area contributed by atoms with Gasteiger partial charge in [0.05, 0.1) is 39.6 Å². The van der Waals surface area contributed by atoms with Crippen molar-refractivity contribution >= 4 is 6.29 Å². The molecule has 2 heterocycles. The Hall–Kier alpha value is -4.77. The van der Waals surface area contributed by atoms with Crippen molar-refractivity contribution in [2.75, 3.05) is 6.61 Å². The summed E-state index contributed by atoms with van der Waals surface area (Å²) in [6.45, 7) is 2.13. The monoisotopic (exact) mass is 740 g/mol. The van der Waals surface area contributed by atoms with Crippen molar-refractivity contribution in [1.82, 2.24) is 0 Å². The van der Waals surface area contributed by atoms with Gasteiger partial charge in [-0.3, -0.25) is 0 Å². The van der Waals surface area contributed by atoms with Crippen LogP contribution in [0, 0.1) is 0 Å². The molecule has 5 aromatic carbocycles. The summed E-state index contributed by atoms with van der Waals surface area (Å²) < 4.78 is 45.6. The number of hydrogen-bond acceptors (Lipinski definition) is 8. The molecule has 0 saturated carbocycles. The van der Waals surface area contributed by atoms with E-state index in [0.29, 0.717) is 39.6 Å². The maximum absolute atomic E-state index is 12.4. The summed E-state index contributed by atoms with van der Waals surface area (Å²) in [4.78, 5) is 12.4. The zero-order valence-electron chi connectivity index (χ0n) is 30.8. The normalized spacial score (nSPS) is 25.0. The van der Waals surface area contributed by atoms with Crippen LogP contribution in [-0.4, -0.2) is 61.7 Å². The highest BCUT2D eigenvalue weighted by Crippen LogP contribution is 2.33. The van der Waals surface area contributed by atoms with E-state index in [9.17, 15) is 4.79 Å². The summed E-state index contributed by atoms with van der Waals surface area (Å²) in [7, 11) is 0. The Morgan fingerprint density at radius 3 is 1.13 bits per heavy atom. The number of hydrogen-bond donors (Lipinski definition) is 0. The van der Waals surface area contributed by atoms with Crippen molar-refractivity contribution in [3.05, 3.63) is 192 Å². The van der Waals surface area contributed by atoms with Gasteiger partial charge >= 0.3 is 0 Å². The van der Waals surface area contributed by atoms with Crippen LogP contribution in [0.15, 0.2) is 164 Å². The van der Waals surface area contributed by atoms with Gasteiger partial charge in [0, 0.05) is 0 Å². The summed E-state index contributed by atoms with van der Waals surface area (Å²) in [6, 6.07) is 50.0. The minimum absolute atomic E-state index is 0.301. The molecule has 8 atom stereocenters. The average Bonchev–Trinajstić information content (AvgIpc) is 3.77. The third-order valence-electron chi connectivity index (χ3n) is 9.79. The first-order chi connectivity index (χ1) is 27.2. The molecule has 55 heavy (non-hydrogen) atoms. The molecule has 2 fully saturated rings. The fourth-order valence-electron chi connectivity index (χ4n) is 6.94. The summed E-state index contributed by atoms with van der Waals surface area (Å²) in [5.74, 6) is 0. The van der Waals surface area contributed by atoms with Crippen LogP contribution < -0.4 is 0 Å². The molecule has 0 unspecified atom stereocenters. The zero-order chi connectivity index (χ0) is 37.5. The Kier molecular flexibility index (Phi) is 14.2. The van der Waals surface area contributed by atoms with Gasteiger partial charge in [-0.1, -0.05) is 164 Å². The Morgan fingerprint density at radius 2 is 0.727 bits per heavy atom. The smallest absolute Gasteiger partial charge is 0.151 e. The number of carbonyl (C=O) groups excluding carboxylic acids is 1. The standard InChI is InChI=1S/C47H48O8/c48-28-42-46(52-32-38-22-12-4-13-23-38)44(50-30-36-18-8-2-9-19-36)40(54-42)26-27-41-45(51-31-37-20-10-3-11-21-37)47(53-33-39-24-14-5-15-25-39)43(55-41)34-49-29-35-16-6-1-7-17-35/h1-28,40-47H,29-34H2/b27-26-/t40-,41-,42-,43-,44-,45-,46-,47-/m1/s1. The van der Waals surface area contributed by atoms with Gasteiger partial charge in [-0.05, 0) is 27.8 Å². The summed E-state index contributed by atoms with van der Waals surface area (Å²) in [5, 5.41) is 0. The second-order valence-corrected chi connectivity index (χ2v) is 13.8. The molecule has 0 aliphatic carbocycles. The number of rotatable bonds is 19. The van der Waals surface area contributed by atoms with Gasteiger partial charge < -0.3 is 38.0 Å². The van der Waals surface area contributed by atoms with Gasteiger partial charge in [0.15, 0.2) is 6.29 Å². The Bertz CT molecular complexity index is 1860. The van der Waals surface area contributed by atoms with Crippen molar-refractivity contribution in [2.24, 2.45) is 0 Å². The molecule has 2 aliphatic rings. The van der Waals surface area contributed by atoms with Crippen LogP contribution in [0.2, 0.25) is 0 Å². The summed E-state index contributed by atoms with van der Waals surface area (Å²) in [5.41, 5.74) is 5.16. The molecule has 0 aromatic heterocycles. The lowest BCUT2D eigenvalue weighted by Gasteiger charge is -2.25. The minimum atomic E-state index is -0.824. The maximum Gasteiger partial charge on any atom is 0.151 e. The Morgan fingerprint density at radius 1 is 0.400 bits per heavy atom. The number of ether oxygens (including phenoxy) is 7. The van der Waals surface area contributed by atoms with Crippen molar-refractivity contribution in [2.45, 2.75) is 81.9 Å². The van der Waals surface area contributed by atoms with E-state index in [1.165, 1.54) is 0 Å². The zero-order valence-corrected chi connectivity index (χ0v) is 30.8. The fraction of sp³-hybridized carbons (Fsp3) is 0.298. The van der Waals surface area contributed by atoms with Crippen LogP contribution in [0.4, 0.5) is 0 Å². The largest absolute Gasteiger partial charge is 0.374 e. The number of aldehydes is 1. The highest BCUT2D eigenvalue weighted by molar-refractivity contribution is 5.58. The Labute approximate surface area is 323 Å². The predicted molar refractivity (Wildman–Crippen MR) is 209 cm³/mol. The fourth-order valence-corrected chi connectivity index (χ4v) is 6.94. The van der Waals surface area contributed by atoms with E-state index in [0.717, 1.165) is 34.1 Å². The second-order valence-electron chi connectivity index (χ2n) is 13.8. The molecule has 0 radical (unpaired) electrons. The minimum Gasteiger partial charge on any atom is -0.374 e. The molecular formula is C47H48O8. The molecule has 5 aromatic rings. The van der Waals surface area contributed by atoms with E-state index >= 15 is 0 Å². The van der Waals surface area contributed by atoms with Gasteiger partial charge in [-0.15, -0.1) is 0 Å². The van der Waals surface area contributed by atoms with E-state index in [1.54, 1.807) is 0 Å². The summed E-state index contributed by atoms with van der Waals surface area (Å²) in [6.07, 6.45) is 0.158. The van der Waals surface area contributed by atoms with Gasteiger partial charge in [0.1, 0.15) is 48.8 Å².